The zero-order valence-electron chi connectivity index (χ0n) is 22.2. The van der Waals surface area contributed by atoms with Crippen LogP contribution in [0.4, 0.5) is 20.6 Å². The number of aromatic amines is 1. The second-order valence-electron chi connectivity index (χ2n) is 9.23. The molecule has 0 spiro atoms. The Morgan fingerprint density at radius 3 is 2.60 bits per heavy atom. The fraction of sp³-hybridized carbons (Fsp3) is 0.241. The number of aromatic nitrogens is 1. The first-order valence-corrected chi connectivity index (χ1v) is 12.6. The molecule has 0 fully saturated rings. The summed E-state index contributed by atoms with van der Waals surface area (Å²) >= 11 is 0. The first kappa shape index (κ1) is 28.2. The summed E-state index contributed by atoms with van der Waals surface area (Å²) in [7, 11) is 0. The van der Waals surface area contributed by atoms with Crippen molar-refractivity contribution in [1.82, 2.24) is 10.3 Å². The zero-order valence-corrected chi connectivity index (χ0v) is 22.2. The van der Waals surface area contributed by atoms with E-state index in [-0.39, 0.29) is 30.5 Å². The number of H-pyrrole nitrogens is 1. The number of aryl methyl sites for hydroxylation is 1. The molecule has 5 N–H and O–H groups in total. The first-order valence-electron chi connectivity index (χ1n) is 12.6. The maximum Gasteiger partial charge on any atom is 0.326 e. The molecule has 2 aromatic carbocycles. The molecule has 4 amide bonds. The Balaban J connectivity index is 1.47. The molecule has 208 valence electrons. The number of ether oxygens (including phenoxy) is 1. The molecule has 0 unspecified atom stereocenters. The molecule has 40 heavy (non-hydrogen) atoms. The van der Waals surface area contributed by atoms with Gasteiger partial charge in [0.15, 0.2) is 0 Å². The lowest BCUT2D eigenvalue weighted by molar-refractivity contribution is -0.143. The lowest BCUT2D eigenvalue weighted by Crippen LogP contribution is -2.34. The highest BCUT2D eigenvalue weighted by molar-refractivity contribution is 6.35. The van der Waals surface area contributed by atoms with Gasteiger partial charge in [0.1, 0.15) is 5.82 Å². The van der Waals surface area contributed by atoms with Crippen molar-refractivity contribution in [2.75, 3.05) is 17.2 Å². The molecule has 4 rings (SSSR count). The van der Waals surface area contributed by atoms with Gasteiger partial charge in [0.2, 0.25) is 0 Å². The van der Waals surface area contributed by atoms with Crippen molar-refractivity contribution < 1.29 is 33.4 Å². The standard InChI is InChI=1S/C29H29FN4O6/c1-4-40-26(36)10-9-19-15(2)24(31-16(19)3)13-22-20-8-6-18(12-25(20)33-28(22)38)32-29(39)34-27(37)21-7-5-17(14-35)11-23(21)30/h5-8,11-13,31,35H,4,9-10,14H2,1-3H3,(H,33,38)(H2,32,34,37,39)/b22-13-. The molecule has 0 saturated heterocycles. The molecule has 0 atom stereocenters. The Hall–Kier alpha value is -4.77. The molecule has 10 nitrogen and oxygen atoms in total. The molecule has 2 heterocycles. The number of aliphatic hydroxyl groups is 1. The number of fused-ring (bicyclic) bond motifs is 1. The minimum Gasteiger partial charge on any atom is -0.466 e. The van der Waals surface area contributed by atoms with Crippen LogP contribution in [0, 0.1) is 19.7 Å². The van der Waals surface area contributed by atoms with E-state index in [1.54, 1.807) is 31.2 Å². The van der Waals surface area contributed by atoms with Gasteiger partial charge in [-0.2, -0.15) is 0 Å². The fourth-order valence-electron chi connectivity index (χ4n) is 4.53. The van der Waals surface area contributed by atoms with Gasteiger partial charge in [0, 0.05) is 29.1 Å². The quantitative estimate of drug-likeness (QED) is 0.210. The van der Waals surface area contributed by atoms with E-state index >= 15 is 0 Å². The number of esters is 1. The smallest absolute Gasteiger partial charge is 0.326 e. The van der Waals surface area contributed by atoms with Crippen molar-refractivity contribution in [2.45, 2.75) is 40.2 Å². The van der Waals surface area contributed by atoms with E-state index < -0.39 is 17.8 Å². The number of hydrogen-bond acceptors (Lipinski definition) is 6. The number of anilines is 2. The van der Waals surface area contributed by atoms with Crippen LogP contribution in [-0.2, 0) is 27.4 Å². The number of benzene rings is 2. The fourth-order valence-corrected chi connectivity index (χ4v) is 4.53. The van der Waals surface area contributed by atoms with Crippen LogP contribution in [0.2, 0.25) is 0 Å². The van der Waals surface area contributed by atoms with Gasteiger partial charge in [-0.1, -0.05) is 12.1 Å². The zero-order chi connectivity index (χ0) is 29.0. The van der Waals surface area contributed by atoms with Crippen LogP contribution in [-0.4, -0.2) is 40.5 Å². The predicted octanol–water partition coefficient (Wildman–Crippen LogP) is 4.21. The summed E-state index contributed by atoms with van der Waals surface area (Å²) in [6.45, 7) is 5.54. The molecular weight excluding hydrogens is 519 g/mol. The van der Waals surface area contributed by atoms with Gasteiger partial charge >= 0.3 is 12.0 Å². The third-order valence-electron chi connectivity index (χ3n) is 6.55. The van der Waals surface area contributed by atoms with E-state index in [2.05, 4.69) is 20.9 Å². The number of halogens is 1. The molecule has 1 aliphatic rings. The first-order chi connectivity index (χ1) is 19.1. The number of carbonyl (C=O) groups excluding carboxylic acids is 4. The van der Waals surface area contributed by atoms with E-state index in [0.717, 1.165) is 28.6 Å². The van der Waals surface area contributed by atoms with E-state index in [9.17, 15) is 23.6 Å². The second-order valence-corrected chi connectivity index (χ2v) is 9.23. The van der Waals surface area contributed by atoms with Crippen molar-refractivity contribution >= 4 is 46.8 Å². The maximum absolute atomic E-state index is 14.1. The van der Waals surface area contributed by atoms with Crippen molar-refractivity contribution in [2.24, 2.45) is 0 Å². The van der Waals surface area contributed by atoms with Crippen LogP contribution in [0.3, 0.4) is 0 Å². The predicted molar refractivity (Wildman–Crippen MR) is 147 cm³/mol. The molecule has 3 aromatic rings. The largest absolute Gasteiger partial charge is 0.466 e. The summed E-state index contributed by atoms with van der Waals surface area (Å²) < 4.78 is 19.1. The SMILES string of the molecule is CCOC(=O)CCc1c(C)[nH]c(/C=C2\C(=O)Nc3cc(NC(=O)NC(=O)c4ccc(CO)cc4F)ccc32)c1C. The van der Waals surface area contributed by atoms with Gasteiger partial charge in [-0.15, -0.1) is 0 Å². The van der Waals surface area contributed by atoms with Crippen molar-refractivity contribution in [3.05, 3.63) is 81.4 Å². The average Bonchev–Trinajstić information content (AvgIpc) is 3.36. The topological polar surface area (TPSA) is 150 Å². The van der Waals surface area contributed by atoms with Crippen LogP contribution < -0.4 is 16.0 Å². The Morgan fingerprint density at radius 1 is 1.12 bits per heavy atom. The van der Waals surface area contributed by atoms with Gasteiger partial charge < -0.3 is 25.5 Å². The Kier molecular flexibility index (Phi) is 8.44. The van der Waals surface area contributed by atoms with Gasteiger partial charge in [0.25, 0.3) is 11.8 Å². The number of amides is 4. The number of hydrogen-bond donors (Lipinski definition) is 5. The lowest BCUT2D eigenvalue weighted by atomic mass is 10.0. The number of carbonyl (C=O) groups is 4. The molecule has 11 heteroatoms. The minimum atomic E-state index is -0.947. The molecule has 1 aromatic heterocycles. The molecule has 0 bridgehead atoms. The number of imide groups is 1. The van der Waals surface area contributed by atoms with Gasteiger partial charge in [-0.3, -0.25) is 19.7 Å². The molecule has 0 saturated carbocycles. The third-order valence-corrected chi connectivity index (χ3v) is 6.55. The van der Waals surface area contributed by atoms with Crippen molar-refractivity contribution in [3.8, 4) is 0 Å². The van der Waals surface area contributed by atoms with E-state index in [1.165, 1.54) is 12.1 Å². The van der Waals surface area contributed by atoms with Gasteiger partial charge in [-0.05, 0) is 74.2 Å². The monoisotopic (exact) mass is 548 g/mol. The highest BCUT2D eigenvalue weighted by atomic mass is 19.1. The van der Waals surface area contributed by atoms with Gasteiger partial charge in [0.05, 0.1) is 30.0 Å². The van der Waals surface area contributed by atoms with Crippen molar-refractivity contribution in [1.29, 1.82) is 0 Å². The normalized spacial score (nSPS) is 13.1. The van der Waals surface area contributed by atoms with Crippen LogP contribution in [0.5, 0.6) is 0 Å². The van der Waals surface area contributed by atoms with Gasteiger partial charge in [-0.25, -0.2) is 9.18 Å². The summed E-state index contributed by atoms with van der Waals surface area (Å²) in [5.74, 6) is -2.40. The summed E-state index contributed by atoms with van der Waals surface area (Å²) in [5.41, 5.74) is 5.32. The summed E-state index contributed by atoms with van der Waals surface area (Å²) in [5, 5.41) is 16.4. The summed E-state index contributed by atoms with van der Waals surface area (Å²) in [4.78, 5) is 52.5. The number of urea groups is 1. The molecular formula is C29H29FN4O6. The molecule has 0 aliphatic carbocycles. The number of rotatable bonds is 8. The lowest BCUT2D eigenvalue weighted by Gasteiger charge is -2.09. The van der Waals surface area contributed by atoms with Crippen LogP contribution in [0.25, 0.3) is 11.6 Å². The Labute approximate surface area is 229 Å². The maximum atomic E-state index is 14.1. The highest BCUT2D eigenvalue weighted by Crippen LogP contribution is 2.36. The van der Waals surface area contributed by atoms with Crippen LogP contribution in [0.15, 0.2) is 36.4 Å². The number of nitrogens with one attached hydrogen (secondary N) is 4. The van der Waals surface area contributed by atoms with E-state index in [0.29, 0.717) is 41.1 Å². The highest BCUT2D eigenvalue weighted by Gasteiger charge is 2.26. The second kappa shape index (κ2) is 12.0. The number of aliphatic hydroxyl groups excluding tert-OH is 1. The summed E-state index contributed by atoms with van der Waals surface area (Å²) in [6, 6.07) is 7.47. The van der Waals surface area contributed by atoms with Crippen LogP contribution in [0.1, 0.15) is 57.3 Å². The molecule has 0 radical (unpaired) electrons. The van der Waals surface area contributed by atoms with E-state index in [4.69, 9.17) is 9.84 Å². The van der Waals surface area contributed by atoms with Crippen LogP contribution >= 0.6 is 0 Å². The van der Waals surface area contributed by atoms with Crippen molar-refractivity contribution in [3.63, 3.8) is 0 Å². The average molecular weight is 549 g/mol. The summed E-state index contributed by atoms with van der Waals surface area (Å²) in [6.07, 6.45) is 2.51. The third kappa shape index (κ3) is 6.10. The Bertz CT molecular complexity index is 1540. The van der Waals surface area contributed by atoms with E-state index in [1.807, 2.05) is 13.8 Å². The molecule has 1 aliphatic heterocycles. The minimum absolute atomic E-state index is 0.257. The Morgan fingerprint density at radius 2 is 1.90 bits per heavy atom.